The minimum absolute atomic E-state index is 0.208. The minimum atomic E-state index is -0.674. The van der Waals surface area contributed by atoms with Gasteiger partial charge in [-0.15, -0.1) is 0 Å². The number of aliphatic carboxylic acids is 1. The predicted octanol–water partition coefficient (Wildman–Crippen LogP) is 1.81. The second-order valence-electron chi connectivity index (χ2n) is 3.17. The lowest BCUT2D eigenvalue weighted by Gasteiger charge is -2.15. The molecule has 0 bridgehead atoms. The maximum Gasteiger partial charge on any atom is 0.307 e. The molecule has 0 aromatic carbocycles. The van der Waals surface area contributed by atoms with Crippen LogP contribution in [0.5, 0.6) is 0 Å². The van der Waals surface area contributed by atoms with Gasteiger partial charge in [0.2, 0.25) is 0 Å². The van der Waals surface area contributed by atoms with Crippen LogP contribution in [-0.4, -0.2) is 16.8 Å². The van der Waals surface area contributed by atoms with E-state index < -0.39 is 5.97 Å². The van der Waals surface area contributed by atoms with Crippen molar-refractivity contribution in [2.75, 3.05) is 5.75 Å². The SMILES string of the molecule is O=C(O)C(CS)C1CCCC1. The lowest BCUT2D eigenvalue weighted by atomic mass is 9.93. The first-order valence-corrected chi connectivity index (χ1v) is 4.72. The molecule has 11 heavy (non-hydrogen) atoms. The number of carboxylic acid groups (broad SMARTS) is 1. The highest BCUT2D eigenvalue weighted by molar-refractivity contribution is 7.80. The molecule has 3 heteroatoms. The fourth-order valence-electron chi connectivity index (χ4n) is 1.79. The van der Waals surface area contributed by atoms with E-state index in [1.54, 1.807) is 0 Å². The van der Waals surface area contributed by atoms with Crippen molar-refractivity contribution in [2.24, 2.45) is 11.8 Å². The van der Waals surface area contributed by atoms with E-state index in [9.17, 15) is 4.79 Å². The Morgan fingerprint density at radius 1 is 1.55 bits per heavy atom. The van der Waals surface area contributed by atoms with Crippen molar-refractivity contribution >= 4 is 18.6 Å². The van der Waals surface area contributed by atoms with Crippen LogP contribution in [0.1, 0.15) is 25.7 Å². The van der Waals surface area contributed by atoms with E-state index in [-0.39, 0.29) is 5.92 Å². The van der Waals surface area contributed by atoms with Gasteiger partial charge in [0.25, 0.3) is 0 Å². The zero-order valence-corrected chi connectivity index (χ0v) is 7.39. The Kier molecular flexibility index (Phi) is 3.24. The Labute approximate surface area is 72.4 Å². The zero-order chi connectivity index (χ0) is 8.27. The van der Waals surface area contributed by atoms with Crippen molar-refractivity contribution < 1.29 is 9.90 Å². The lowest BCUT2D eigenvalue weighted by Crippen LogP contribution is -2.23. The lowest BCUT2D eigenvalue weighted by molar-refractivity contribution is -0.142. The van der Waals surface area contributed by atoms with Crippen molar-refractivity contribution in [2.45, 2.75) is 25.7 Å². The summed E-state index contributed by atoms with van der Waals surface area (Å²) in [7, 11) is 0. The summed E-state index contributed by atoms with van der Waals surface area (Å²) in [6.45, 7) is 0. The van der Waals surface area contributed by atoms with Crippen LogP contribution in [0.2, 0.25) is 0 Å². The smallest absolute Gasteiger partial charge is 0.307 e. The molecule has 0 aliphatic heterocycles. The van der Waals surface area contributed by atoms with Crippen molar-refractivity contribution in [1.82, 2.24) is 0 Å². The van der Waals surface area contributed by atoms with E-state index >= 15 is 0 Å². The minimum Gasteiger partial charge on any atom is -0.481 e. The monoisotopic (exact) mass is 174 g/mol. The van der Waals surface area contributed by atoms with Crippen LogP contribution < -0.4 is 0 Å². The van der Waals surface area contributed by atoms with Gasteiger partial charge in [0, 0.05) is 5.75 Å². The molecule has 1 saturated carbocycles. The second-order valence-corrected chi connectivity index (χ2v) is 3.54. The summed E-state index contributed by atoms with van der Waals surface area (Å²) < 4.78 is 0. The molecule has 1 fully saturated rings. The molecule has 1 rings (SSSR count). The number of thiol groups is 1. The first-order valence-electron chi connectivity index (χ1n) is 4.09. The summed E-state index contributed by atoms with van der Waals surface area (Å²) >= 11 is 4.05. The summed E-state index contributed by atoms with van der Waals surface area (Å²) in [6, 6.07) is 0. The summed E-state index contributed by atoms with van der Waals surface area (Å²) in [6.07, 6.45) is 4.56. The maximum absolute atomic E-state index is 10.7. The average molecular weight is 174 g/mol. The fraction of sp³-hybridized carbons (Fsp3) is 0.875. The van der Waals surface area contributed by atoms with E-state index in [1.807, 2.05) is 0 Å². The van der Waals surface area contributed by atoms with Crippen LogP contribution in [0.3, 0.4) is 0 Å². The molecule has 0 aromatic heterocycles. The number of carboxylic acids is 1. The third-order valence-corrected chi connectivity index (χ3v) is 2.88. The largest absolute Gasteiger partial charge is 0.481 e. The Bertz CT molecular complexity index is 141. The molecule has 0 spiro atoms. The Balaban J connectivity index is 2.46. The standard InChI is InChI=1S/C8H14O2S/c9-8(10)7(5-11)6-3-1-2-4-6/h6-7,11H,1-5H2,(H,9,10). The predicted molar refractivity (Wildman–Crippen MR) is 46.9 cm³/mol. The maximum atomic E-state index is 10.7. The Morgan fingerprint density at radius 2 is 2.09 bits per heavy atom. The molecular formula is C8H14O2S. The summed E-state index contributed by atoms with van der Waals surface area (Å²) in [5.74, 6) is -0.00210. The molecule has 2 nitrogen and oxygen atoms in total. The summed E-state index contributed by atoms with van der Waals surface area (Å²) in [4.78, 5) is 10.7. The molecule has 0 aromatic rings. The van der Waals surface area contributed by atoms with Crippen molar-refractivity contribution in [1.29, 1.82) is 0 Å². The van der Waals surface area contributed by atoms with Gasteiger partial charge in [0.05, 0.1) is 5.92 Å². The van der Waals surface area contributed by atoms with Gasteiger partial charge >= 0.3 is 5.97 Å². The van der Waals surface area contributed by atoms with E-state index in [4.69, 9.17) is 5.11 Å². The Morgan fingerprint density at radius 3 is 2.45 bits per heavy atom. The first-order chi connectivity index (χ1) is 5.25. The van der Waals surface area contributed by atoms with E-state index in [0.717, 1.165) is 12.8 Å². The molecule has 0 saturated heterocycles. The van der Waals surface area contributed by atoms with Crippen LogP contribution in [0.25, 0.3) is 0 Å². The molecular weight excluding hydrogens is 160 g/mol. The van der Waals surface area contributed by atoms with Gasteiger partial charge in [-0.2, -0.15) is 12.6 Å². The summed E-state index contributed by atoms with van der Waals surface area (Å²) in [5, 5.41) is 8.78. The van der Waals surface area contributed by atoms with Crippen LogP contribution in [0.15, 0.2) is 0 Å². The van der Waals surface area contributed by atoms with Gasteiger partial charge in [-0.3, -0.25) is 4.79 Å². The molecule has 0 radical (unpaired) electrons. The highest BCUT2D eigenvalue weighted by atomic mass is 32.1. The highest BCUT2D eigenvalue weighted by Gasteiger charge is 2.28. The third kappa shape index (κ3) is 2.12. The van der Waals surface area contributed by atoms with Gasteiger partial charge in [0.15, 0.2) is 0 Å². The number of hydrogen-bond donors (Lipinski definition) is 2. The first kappa shape index (κ1) is 8.91. The van der Waals surface area contributed by atoms with E-state index in [1.165, 1.54) is 12.8 Å². The van der Waals surface area contributed by atoms with Crippen LogP contribution >= 0.6 is 12.6 Å². The molecule has 1 aliphatic rings. The molecule has 1 N–H and O–H groups in total. The van der Waals surface area contributed by atoms with Crippen molar-refractivity contribution in [3.05, 3.63) is 0 Å². The molecule has 64 valence electrons. The molecule has 0 amide bonds. The van der Waals surface area contributed by atoms with Crippen LogP contribution in [0.4, 0.5) is 0 Å². The normalized spacial score (nSPS) is 21.9. The zero-order valence-electron chi connectivity index (χ0n) is 6.49. The second kappa shape index (κ2) is 4.00. The van der Waals surface area contributed by atoms with Crippen LogP contribution in [0, 0.1) is 11.8 Å². The molecule has 1 atom stereocenters. The quantitative estimate of drug-likeness (QED) is 0.640. The van der Waals surface area contributed by atoms with Crippen molar-refractivity contribution in [3.63, 3.8) is 0 Å². The van der Waals surface area contributed by atoms with E-state index in [2.05, 4.69) is 12.6 Å². The number of rotatable bonds is 3. The van der Waals surface area contributed by atoms with Gasteiger partial charge in [0.1, 0.15) is 0 Å². The van der Waals surface area contributed by atoms with Gasteiger partial charge in [-0.25, -0.2) is 0 Å². The fourth-order valence-corrected chi connectivity index (χ4v) is 2.24. The van der Waals surface area contributed by atoms with Crippen LogP contribution in [-0.2, 0) is 4.79 Å². The number of carbonyl (C=O) groups is 1. The van der Waals surface area contributed by atoms with Crippen molar-refractivity contribution in [3.8, 4) is 0 Å². The van der Waals surface area contributed by atoms with Gasteiger partial charge in [-0.1, -0.05) is 12.8 Å². The third-order valence-electron chi connectivity index (χ3n) is 2.48. The molecule has 1 aliphatic carbocycles. The topological polar surface area (TPSA) is 37.3 Å². The highest BCUT2D eigenvalue weighted by Crippen LogP contribution is 2.31. The van der Waals surface area contributed by atoms with Gasteiger partial charge in [-0.05, 0) is 18.8 Å². The van der Waals surface area contributed by atoms with E-state index in [0.29, 0.717) is 11.7 Å². The molecule has 0 heterocycles. The summed E-state index contributed by atoms with van der Waals surface area (Å²) in [5.41, 5.74) is 0. The number of hydrogen-bond acceptors (Lipinski definition) is 2. The average Bonchev–Trinajstić information content (AvgIpc) is 2.40. The molecule has 1 unspecified atom stereocenters. The Hall–Kier alpha value is -0.180. The van der Waals surface area contributed by atoms with Gasteiger partial charge < -0.3 is 5.11 Å².